The zero-order valence-corrected chi connectivity index (χ0v) is 16.1. The van der Waals surface area contributed by atoms with Gasteiger partial charge in [-0.3, -0.25) is 9.48 Å². The van der Waals surface area contributed by atoms with Crippen molar-refractivity contribution < 1.29 is 32.6 Å². The number of carbonyl (C=O) groups is 2. The molecular formula is C18H20F3N5O4. The van der Waals surface area contributed by atoms with E-state index in [2.05, 4.69) is 20.4 Å². The molecule has 3 N–H and O–H groups in total. The molecule has 0 aliphatic rings. The predicted octanol–water partition coefficient (Wildman–Crippen LogP) is 2.35. The van der Waals surface area contributed by atoms with Crippen molar-refractivity contribution in [1.82, 2.24) is 25.1 Å². The minimum absolute atomic E-state index is 0.0291. The van der Waals surface area contributed by atoms with Crippen molar-refractivity contribution in [3.05, 3.63) is 42.5 Å². The van der Waals surface area contributed by atoms with Crippen LogP contribution in [0.3, 0.4) is 0 Å². The first kappa shape index (κ1) is 22.7. The van der Waals surface area contributed by atoms with Gasteiger partial charge in [-0.25, -0.2) is 9.78 Å². The van der Waals surface area contributed by atoms with Crippen LogP contribution in [0.25, 0.3) is 11.0 Å². The van der Waals surface area contributed by atoms with E-state index in [1.54, 1.807) is 18.0 Å². The summed E-state index contributed by atoms with van der Waals surface area (Å²) in [6.07, 6.45) is -1.54. The largest absolute Gasteiger partial charge is 0.497 e. The average Bonchev–Trinajstić information content (AvgIpc) is 3.34. The summed E-state index contributed by atoms with van der Waals surface area (Å²) in [5.74, 6) is -1.47. The number of methoxy groups -OCH3 is 1. The normalized spacial score (nSPS) is 12.0. The fourth-order valence-corrected chi connectivity index (χ4v) is 2.37. The number of carboxylic acids is 1. The fourth-order valence-electron chi connectivity index (χ4n) is 2.37. The molecule has 1 unspecified atom stereocenters. The number of aliphatic carboxylic acids is 1. The van der Waals surface area contributed by atoms with Gasteiger partial charge in [0.25, 0.3) is 0 Å². The summed E-state index contributed by atoms with van der Waals surface area (Å²) in [7, 11) is 1.62. The highest BCUT2D eigenvalue weighted by atomic mass is 19.4. The summed E-state index contributed by atoms with van der Waals surface area (Å²) in [5.41, 5.74) is 1.73. The number of ether oxygens (including phenoxy) is 1. The lowest BCUT2D eigenvalue weighted by Crippen LogP contribution is -2.31. The van der Waals surface area contributed by atoms with Crippen molar-refractivity contribution in [2.75, 3.05) is 7.11 Å². The van der Waals surface area contributed by atoms with Crippen molar-refractivity contribution in [3.8, 4) is 5.75 Å². The number of fused-ring (bicyclic) bond motifs is 1. The number of alkyl halides is 3. The van der Waals surface area contributed by atoms with Crippen molar-refractivity contribution in [3.63, 3.8) is 0 Å². The van der Waals surface area contributed by atoms with Gasteiger partial charge in [-0.05, 0) is 18.2 Å². The number of hydrogen-bond donors (Lipinski definition) is 3. The van der Waals surface area contributed by atoms with Gasteiger partial charge in [-0.2, -0.15) is 18.3 Å². The number of amides is 1. The molecule has 0 bridgehead atoms. The zero-order valence-electron chi connectivity index (χ0n) is 16.1. The molecule has 1 aromatic carbocycles. The van der Waals surface area contributed by atoms with Gasteiger partial charge >= 0.3 is 12.1 Å². The first-order chi connectivity index (χ1) is 14.1. The third-order valence-electron chi connectivity index (χ3n) is 3.88. The molecule has 0 radical (unpaired) electrons. The summed E-state index contributed by atoms with van der Waals surface area (Å²) in [6, 6.07) is 7.47. The van der Waals surface area contributed by atoms with E-state index < -0.39 is 12.1 Å². The van der Waals surface area contributed by atoms with Crippen LogP contribution < -0.4 is 10.1 Å². The first-order valence-electron chi connectivity index (χ1n) is 8.68. The Labute approximate surface area is 168 Å². The van der Waals surface area contributed by atoms with E-state index in [9.17, 15) is 18.0 Å². The van der Waals surface area contributed by atoms with E-state index in [-0.39, 0.29) is 11.8 Å². The number of nitrogens with one attached hydrogen (secondary N) is 2. The molecule has 0 saturated carbocycles. The Bertz CT molecular complexity index is 986. The van der Waals surface area contributed by atoms with E-state index in [0.29, 0.717) is 18.9 Å². The third-order valence-corrected chi connectivity index (χ3v) is 3.88. The number of carboxylic acid groups (broad SMARTS) is 1. The van der Waals surface area contributed by atoms with Gasteiger partial charge in [0, 0.05) is 18.5 Å². The van der Waals surface area contributed by atoms with Gasteiger partial charge in [0.05, 0.1) is 37.2 Å². The topological polar surface area (TPSA) is 122 Å². The third kappa shape index (κ3) is 6.50. The monoisotopic (exact) mass is 427 g/mol. The fraction of sp³-hybridized carbons (Fsp3) is 0.333. The smallest absolute Gasteiger partial charge is 0.490 e. The van der Waals surface area contributed by atoms with Gasteiger partial charge in [0.1, 0.15) is 11.6 Å². The van der Waals surface area contributed by atoms with E-state index in [1.165, 1.54) is 0 Å². The number of benzene rings is 1. The number of aromatic nitrogens is 4. The van der Waals surface area contributed by atoms with Crippen molar-refractivity contribution in [2.45, 2.75) is 26.2 Å². The minimum Gasteiger partial charge on any atom is -0.497 e. The van der Waals surface area contributed by atoms with Crippen LogP contribution in [0.1, 0.15) is 12.7 Å². The van der Waals surface area contributed by atoms with Crippen LogP contribution >= 0.6 is 0 Å². The Morgan fingerprint density at radius 3 is 2.63 bits per heavy atom. The van der Waals surface area contributed by atoms with Crippen molar-refractivity contribution >= 4 is 22.9 Å². The Morgan fingerprint density at radius 1 is 1.37 bits per heavy atom. The second kappa shape index (κ2) is 9.76. The second-order valence-corrected chi connectivity index (χ2v) is 6.22. The number of nitrogens with zero attached hydrogens (tertiary/aromatic N) is 3. The molecule has 12 heteroatoms. The highest BCUT2D eigenvalue weighted by Gasteiger charge is 2.38. The predicted molar refractivity (Wildman–Crippen MR) is 99.6 cm³/mol. The molecule has 1 amide bonds. The van der Waals surface area contributed by atoms with Crippen LogP contribution in [0, 0.1) is 5.92 Å². The second-order valence-electron chi connectivity index (χ2n) is 6.22. The summed E-state index contributed by atoms with van der Waals surface area (Å²) < 4.78 is 38.7. The summed E-state index contributed by atoms with van der Waals surface area (Å²) >= 11 is 0. The highest BCUT2D eigenvalue weighted by molar-refractivity contribution is 5.79. The van der Waals surface area contributed by atoms with Gasteiger partial charge in [0.2, 0.25) is 5.91 Å². The van der Waals surface area contributed by atoms with E-state index in [0.717, 1.165) is 16.8 Å². The van der Waals surface area contributed by atoms with Crippen molar-refractivity contribution in [2.24, 2.45) is 5.92 Å². The van der Waals surface area contributed by atoms with Gasteiger partial charge in [-0.1, -0.05) is 6.92 Å². The Balaban J connectivity index is 0.000000396. The van der Waals surface area contributed by atoms with Crippen molar-refractivity contribution in [1.29, 1.82) is 0 Å². The number of hydrogen-bond acceptors (Lipinski definition) is 5. The zero-order chi connectivity index (χ0) is 22.3. The molecule has 2 heterocycles. The lowest BCUT2D eigenvalue weighted by atomic mass is 10.1. The molecule has 0 fully saturated rings. The van der Waals surface area contributed by atoms with E-state index >= 15 is 0 Å². The summed E-state index contributed by atoms with van der Waals surface area (Å²) in [5, 5.41) is 14.1. The Morgan fingerprint density at radius 2 is 2.07 bits per heavy atom. The molecule has 3 aromatic rings. The van der Waals surface area contributed by atoms with Crippen LogP contribution in [0.2, 0.25) is 0 Å². The number of carbonyl (C=O) groups excluding carboxylic acids is 1. The Hall–Kier alpha value is -3.57. The molecule has 0 saturated heterocycles. The summed E-state index contributed by atoms with van der Waals surface area (Å²) in [6.45, 7) is 2.79. The Kier molecular flexibility index (Phi) is 7.39. The molecular weight excluding hydrogens is 407 g/mol. The molecule has 0 aliphatic carbocycles. The molecule has 9 nitrogen and oxygen atoms in total. The van der Waals surface area contributed by atoms with Gasteiger partial charge in [-0.15, -0.1) is 0 Å². The minimum atomic E-state index is -5.08. The number of H-pyrrole nitrogens is 1. The maximum Gasteiger partial charge on any atom is 0.490 e. The standard InChI is InChI=1S/C16H19N5O2.C2HF3O2/c1-11(10-21-7-3-6-18-21)16(22)17-9-15-19-13-5-4-12(23-2)8-14(13)20-15;3-2(4,5)1(6)7/h3-8,11H,9-10H2,1-2H3,(H,17,22)(H,19,20);(H,6,7). The van der Waals surface area contributed by atoms with Crippen LogP contribution in [-0.4, -0.2) is 50.0 Å². The molecule has 0 spiro atoms. The number of aromatic amines is 1. The molecule has 1 atom stereocenters. The highest BCUT2D eigenvalue weighted by Crippen LogP contribution is 2.18. The molecule has 0 aliphatic heterocycles. The maximum atomic E-state index is 12.1. The number of halogens is 3. The first-order valence-corrected chi connectivity index (χ1v) is 8.68. The molecule has 162 valence electrons. The number of imidazole rings is 1. The van der Waals surface area contributed by atoms with Gasteiger partial charge in [0.15, 0.2) is 0 Å². The van der Waals surface area contributed by atoms with Crippen LogP contribution in [0.15, 0.2) is 36.7 Å². The quantitative estimate of drug-likeness (QED) is 0.555. The van der Waals surface area contributed by atoms with Crippen LogP contribution in [-0.2, 0) is 22.7 Å². The SMILES string of the molecule is COc1ccc2nc(CNC(=O)C(C)Cn3cccn3)[nH]c2c1.O=C(O)C(F)(F)F. The van der Waals surface area contributed by atoms with E-state index in [4.69, 9.17) is 14.6 Å². The average molecular weight is 427 g/mol. The number of rotatable bonds is 6. The van der Waals surface area contributed by atoms with Crippen LogP contribution in [0.5, 0.6) is 5.75 Å². The molecule has 2 aromatic heterocycles. The van der Waals surface area contributed by atoms with Gasteiger partial charge < -0.3 is 20.1 Å². The maximum absolute atomic E-state index is 12.1. The lowest BCUT2D eigenvalue weighted by molar-refractivity contribution is -0.192. The summed E-state index contributed by atoms with van der Waals surface area (Å²) in [4.78, 5) is 28.7. The lowest BCUT2D eigenvalue weighted by Gasteiger charge is -2.11. The molecule has 30 heavy (non-hydrogen) atoms. The van der Waals surface area contributed by atoms with E-state index in [1.807, 2.05) is 37.4 Å². The van der Waals surface area contributed by atoms with Crippen LogP contribution in [0.4, 0.5) is 13.2 Å². The molecule has 3 rings (SSSR count).